The first-order chi connectivity index (χ1) is 9.58. The second-order valence-corrected chi connectivity index (χ2v) is 5.30. The van der Waals surface area contributed by atoms with Crippen LogP contribution >= 0.6 is 34.8 Å². The third-order valence-corrected chi connectivity index (χ3v) is 3.37. The third-order valence-electron chi connectivity index (χ3n) is 2.66. The van der Waals surface area contributed by atoms with Gasteiger partial charge in [0.2, 0.25) is 0 Å². The highest BCUT2D eigenvalue weighted by Crippen LogP contribution is 2.26. The lowest BCUT2D eigenvalue weighted by atomic mass is 10.0. The Labute approximate surface area is 132 Å². The number of hydrogen-bond acceptors (Lipinski definition) is 2. The summed E-state index contributed by atoms with van der Waals surface area (Å²) in [5.41, 5.74) is 1.86. The van der Waals surface area contributed by atoms with E-state index in [2.05, 4.69) is 0 Å². The van der Waals surface area contributed by atoms with E-state index in [1.807, 2.05) is 24.3 Å². The molecule has 0 unspecified atom stereocenters. The van der Waals surface area contributed by atoms with Gasteiger partial charge in [-0.3, -0.25) is 4.79 Å². The van der Waals surface area contributed by atoms with Crippen LogP contribution in [0.4, 0.5) is 0 Å². The van der Waals surface area contributed by atoms with Crippen molar-refractivity contribution in [3.05, 3.63) is 63.6 Å². The lowest BCUT2D eigenvalue weighted by Crippen LogP contribution is -2.10. The number of hydrogen-bond donors (Lipinski definition) is 0. The second-order valence-electron chi connectivity index (χ2n) is 4.16. The standard InChI is InChI=1S/C15H11Cl3O2/c16-9-15(19)20-14-6-5-13(18)8-11(14)7-10-1-3-12(17)4-2-10/h1-6,8H,7,9H2. The van der Waals surface area contributed by atoms with E-state index in [9.17, 15) is 4.79 Å². The number of carbonyl (C=O) groups excluding carboxylic acids is 1. The van der Waals surface area contributed by atoms with Gasteiger partial charge in [-0.2, -0.15) is 0 Å². The Morgan fingerprint density at radius 2 is 1.65 bits per heavy atom. The number of benzene rings is 2. The van der Waals surface area contributed by atoms with Crippen LogP contribution in [0.1, 0.15) is 11.1 Å². The topological polar surface area (TPSA) is 26.3 Å². The van der Waals surface area contributed by atoms with Crippen molar-refractivity contribution in [2.75, 3.05) is 5.88 Å². The molecule has 20 heavy (non-hydrogen) atoms. The molecule has 2 rings (SSSR count). The van der Waals surface area contributed by atoms with Crippen LogP contribution in [0.25, 0.3) is 0 Å². The zero-order valence-corrected chi connectivity index (χ0v) is 12.7. The van der Waals surface area contributed by atoms with Crippen molar-refractivity contribution < 1.29 is 9.53 Å². The van der Waals surface area contributed by atoms with Gasteiger partial charge in [-0.25, -0.2) is 0 Å². The maximum absolute atomic E-state index is 11.3. The van der Waals surface area contributed by atoms with Crippen molar-refractivity contribution in [2.45, 2.75) is 6.42 Å². The molecule has 0 atom stereocenters. The van der Waals surface area contributed by atoms with Gasteiger partial charge < -0.3 is 4.74 Å². The maximum atomic E-state index is 11.3. The fraction of sp³-hybridized carbons (Fsp3) is 0.133. The average Bonchev–Trinajstić information content (AvgIpc) is 2.44. The fourth-order valence-electron chi connectivity index (χ4n) is 1.76. The van der Waals surface area contributed by atoms with E-state index in [0.717, 1.165) is 11.1 Å². The molecule has 0 aliphatic heterocycles. The van der Waals surface area contributed by atoms with E-state index >= 15 is 0 Å². The van der Waals surface area contributed by atoms with Gasteiger partial charge in [0, 0.05) is 22.0 Å². The summed E-state index contributed by atoms with van der Waals surface area (Å²) in [7, 11) is 0. The molecule has 0 bridgehead atoms. The zero-order valence-electron chi connectivity index (χ0n) is 10.4. The third kappa shape index (κ3) is 4.14. The van der Waals surface area contributed by atoms with Crippen LogP contribution in [0.2, 0.25) is 10.0 Å². The molecule has 0 heterocycles. The lowest BCUT2D eigenvalue weighted by molar-refractivity contribution is -0.131. The highest BCUT2D eigenvalue weighted by molar-refractivity contribution is 6.31. The van der Waals surface area contributed by atoms with Crippen LogP contribution in [0.15, 0.2) is 42.5 Å². The molecule has 0 aromatic heterocycles. The molecule has 0 fully saturated rings. The molecule has 0 amide bonds. The molecule has 2 aromatic rings. The zero-order chi connectivity index (χ0) is 14.5. The van der Waals surface area contributed by atoms with Gasteiger partial charge in [0.25, 0.3) is 0 Å². The first-order valence-corrected chi connectivity index (χ1v) is 7.17. The number of rotatable bonds is 4. The summed E-state index contributed by atoms with van der Waals surface area (Å²) in [6, 6.07) is 12.6. The van der Waals surface area contributed by atoms with Crippen molar-refractivity contribution in [1.29, 1.82) is 0 Å². The molecular formula is C15H11Cl3O2. The quantitative estimate of drug-likeness (QED) is 0.460. The van der Waals surface area contributed by atoms with Crippen LogP contribution in [0.5, 0.6) is 5.75 Å². The second kappa shape index (κ2) is 6.98. The molecule has 0 aliphatic carbocycles. The van der Waals surface area contributed by atoms with E-state index < -0.39 is 5.97 Å². The summed E-state index contributed by atoms with van der Waals surface area (Å²) in [4.78, 5) is 11.3. The first-order valence-electron chi connectivity index (χ1n) is 5.88. The minimum absolute atomic E-state index is 0.191. The molecule has 104 valence electrons. The SMILES string of the molecule is O=C(CCl)Oc1ccc(Cl)cc1Cc1ccc(Cl)cc1. The largest absolute Gasteiger partial charge is 0.425 e. The Bertz CT molecular complexity index is 609. The van der Waals surface area contributed by atoms with E-state index in [0.29, 0.717) is 22.2 Å². The predicted molar refractivity (Wildman–Crippen MR) is 82.1 cm³/mol. The van der Waals surface area contributed by atoms with Crippen molar-refractivity contribution >= 4 is 40.8 Å². The van der Waals surface area contributed by atoms with Gasteiger partial charge in [-0.05, 0) is 35.9 Å². The summed E-state index contributed by atoms with van der Waals surface area (Å²) in [6.45, 7) is 0. The Balaban J connectivity index is 2.26. The van der Waals surface area contributed by atoms with Crippen LogP contribution in [-0.4, -0.2) is 11.8 Å². The monoisotopic (exact) mass is 328 g/mol. The number of carbonyl (C=O) groups is 1. The summed E-state index contributed by atoms with van der Waals surface area (Å²) in [5, 5.41) is 1.26. The summed E-state index contributed by atoms with van der Waals surface area (Å²) >= 11 is 17.3. The highest BCUT2D eigenvalue weighted by Gasteiger charge is 2.10. The molecule has 0 saturated heterocycles. The van der Waals surface area contributed by atoms with Gasteiger partial charge in [-0.1, -0.05) is 35.3 Å². The number of esters is 1. The summed E-state index contributed by atoms with van der Waals surface area (Å²) in [5.74, 6) is -0.218. The van der Waals surface area contributed by atoms with E-state index in [-0.39, 0.29) is 5.88 Å². The molecule has 0 N–H and O–H groups in total. The lowest BCUT2D eigenvalue weighted by Gasteiger charge is -2.10. The van der Waals surface area contributed by atoms with Gasteiger partial charge in [0.15, 0.2) is 0 Å². The van der Waals surface area contributed by atoms with Crippen molar-refractivity contribution in [3.8, 4) is 5.75 Å². The number of halogens is 3. The van der Waals surface area contributed by atoms with E-state index in [1.165, 1.54) is 0 Å². The van der Waals surface area contributed by atoms with Crippen molar-refractivity contribution in [1.82, 2.24) is 0 Å². The van der Waals surface area contributed by atoms with Crippen LogP contribution in [-0.2, 0) is 11.2 Å². The van der Waals surface area contributed by atoms with Gasteiger partial charge in [0.05, 0.1) is 0 Å². The average molecular weight is 330 g/mol. The highest BCUT2D eigenvalue weighted by atomic mass is 35.5. The Morgan fingerprint density at radius 3 is 2.30 bits per heavy atom. The molecule has 2 nitrogen and oxygen atoms in total. The number of ether oxygens (including phenoxy) is 1. The molecular weight excluding hydrogens is 319 g/mol. The fourth-order valence-corrected chi connectivity index (χ4v) is 2.13. The molecule has 0 spiro atoms. The summed E-state index contributed by atoms with van der Waals surface area (Å²) < 4.78 is 5.19. The Hall–Kier alpha value is -1.22. The number of alkyl halides is 1. The van der Waals surface area contributed by atoms with Crippen molar-refractivity contribution in [3.63, 3.8) is 0 Å². The minimum Gasteiger partial charge on any atom is -0.425 e. The van der Waals surface area contributed by atoms with Crippen LogP contribution in [0, 0.1) is 0 Å². The predicted octanol–water partition coefficient (Wildman–Crippen LogP) is 4.73. The van der Waals surface area contributed by atoms with E-state index in [4.69, 9.17) is 39.5 Å². The molecule has 0 aliphatic rings. The van der Waals surface area contributed by atoms with Gasteiger partial charge in [0.1, 0.15) is 11.6 Å². The molecule has 0 saturated carbocycles. The molecule has 0 radical (unpaired) electrons. The minimum atomic E-state index is -0.494. The van der Waals surface area contributed by atoms with Crippen LogP contribution in [0.3, 0.4) is 0 Å². The Kier molecular flexibility index (Phi) is 5.30. The van der Waals surface area contributed by atoms with Crippen molar-refractivity contribution in [2.24, 2.45) is 0 Å². The van der Waals surface area contributed by atoms with Gasteiger partial charge in [-0.15, -0.1) is 11.6 Å². The maximum Gasteiger partial charge on any atom is 0.326 e. The normalized spacial score (nSPS) is 10.3. The Morgan fingerprint density at radius 1 is 1.00 bits per heavy atom. The molecule has 5 heteroatoms. The summed E-state index contributed by atoms with van der Waals surface area (Å²) in [6.07, 6.45) is 0.586. The first kappa shape index (κ1) is 15.2. The molecule has 2 aromatic carbocycles. The van der Waals surface area contributed by atoms with Crippen LogP contribution < -0.4 is 4.74 Å². The van der Waals surface area contributed by atoms with E-state index in [1.54, 1.807) is 18.2 Å². The smallest absolute Gasteiger partial charge is 0.326 e. The van der Waals surface area contributed by atoms with Gasteiger partial charge >= 0.3 is 5.97 Å².